The average Bonchev–Trinajstić information content (AvgIpc) is 3.66. The van der Waals surface area contributed by atoms with Crippen molar-refractivity contribution in [3.05, 3.63) is 64.6 Å². The smallest absolute Gasteiger partial charge is 0.411 e. The van der Waals surface area contributed by atoms with E-state index in [-0.39, 0.29) is 29.9 Å². The van der Waals surface area contributed by atoms with E-state index < -0.39 is 20.1 Å². The number of aromatic nitrogens is 5. The molecule has 2 fully saturated rings. The second-order valence-electron chi connectivity index (χ2n) is 14.1. The molecule has 1 unspecified atom stereocenters. The Kier molecular flexibility index (Phi) is 9.29. The first-order chi connectivity index (χ1) is 22.2. The predicted octanol–water partition coefficient (Wildman–Crippen LogP) is 7.57. The molecular formula is C34H45F3N6O3Si. The molecule has 6 rings (SSSR count). The molecule has 0 saturated carbocycles. The summed E-state index contributed by atoms with van der Waals surface area (Å²) in [6.45, 7) is 15.8. The molecule has 0 amide bonds. The van der Waals surface area contributed by atoms with Gasteiger partial charge in [-0.05, 0) is 73.6 Å². The van der Waals surface area contributed by atoms with Gasteiger partial charge in [0.05, 0.1) is 42.5 Å². The molecule has 47 heavy (non-hydrogen) atoms. The van der Waals surface area contributed by atoms with Crippen molar-refractivity contribution in [3.8, 4) is 11.3 Å². The molecule has 0 bridgehead atoms. The van der Waals surface area contributed by atoms with Crippen molar-refractivity contribution in [3.63, 3.8) is 0 Å². The van der Waals surface area contributed by atoms with Crippen molar-refractivity contribution in [1.29, 1.82) is 0 Å². The van der Waals surface area contributed by atoms with E-state index in [1.54, 1.807) is 12.3 Å². The maximum atomic E-state index is 14.0. The number of nitrogens with zero attached hydrogens (tertiary/aromatic N) is 6. The minimum absolute atomic E-state index is 0.0383. The van der Waals surface area contributed by atoms with Gasteiger partial charge in [0, 0.05) is 37.9 Å². The Bertz CT molecular complexity index is 1720. The summed E-state index contributed by atoms with van der Waals surface area (Å²) in [5.74, 6) is 0.740. The van der Waals surface area contributed by atoms with Crippen LogP contribution in [-0.2, 0) is 33.1 Å². The van der Waals surface area contributed by atoms with Crippen molar-refractivity contribution in [2.75, 3.05) is 37.8 Å². The maximum absolute atomic E-state index is 14.0. The molecule has 1 aromatic carbocycles. The fourth-order valence-electron chi connectivity index (χ4n) is 6.03. The Morgan fingerprint density at radius 2 is 1.81 bits per heavy atom. The number of alkyl halides is 3. The van der Waals surface area contributed by atoms with Crippen LogP contribution in [0, 0.1) is 6.92 Å². The van der Waals surface area contributed by atoms with Crippen LogP contribution < -0.4 is 4.90 Å². The lowest BCUT2D eigenvalue weighted by molar-refractivity contribution is -0.138. The Labute approximate surface area is 275 Å². The Balaban J connectivity index is 1.55. The van der Waals surface area contributed by atoms with Crippen LogP contribution in [0.1, 0.15) is 74.3 Å². The van der Waals surface area contributed by atoms with Gasteiger partial charge in [-0.15, -0.1) is 5.10 Å². The molecule has 2 aliphatic rings. The van der Waals surface area contributed by atoms with E-state index in [1.165, 1.54) is 13.0 Å². The Morgan fingerprint density at radius 1 is 1.04 bits per heavy atom. The van der Waals surface area contributed by atoms with E-state index >= 15 is 0 Å². The van der Waals surface area contributed by atoms with Gasteiger partial charge in [0.15, 0.2) is 26.0 Å². The minimum atomic E-state index is -4.46. The SMILES string of the molecule is Cc1c(Cc2c(CO[Si](C)(C)C(C)(C)C)nc3c(-c4ccnn4C4CCCCO4)cc(N4CCOCC4)nn23)cccc1C(F)(F)F. The minimum Gasteiger partial charge on any atom is -0.411 e. The van der Waals surface area contributed by atoms with E-state index in [0.717, 1.165) is 42.4 Å². The fraction of sp³-hybridized carbons (Fsp3) is 0.559. The summed E-state index contributed by atoms with van der Waals surface area (Å²) in [7, 11) is -2.20. The number of halogens is 3. The molecule has 13 heteroatoms. The number of morpholine rings is 1. The summed E-state index contributed by atoms with van der Waals surface area (Å²) >= 11 is 0. The van der Waals surface area contributed by atoms with Gasteiger partial charge in [-0.3, -0.25) is 0 Å². The lowest BCUT2D eigenvalue weighted by atomic mass is 9.98. The molecule has 4 aromatic rings. The summed E-state index contributed by atoms with van der Waals surface area (Å²) in [6, 6.07) is 8.37. The molecule has 0 spiro atoms. The molecule has 254 valence electrons. The number of rotatable bonds is 8. The number of imidazole rings is 1. The molecule has 0 N–H and O–H groups in total. The predicted molar refractivity (Wildman–Crippen MR) is 177 cm³/mol. The monoisotopic (exact) mass is 670 g/mol. The van der Waals surface area contributed by atoms with Gasteiger partial charge >= 0.3 is 6.18 Å². The summed E-state index contributed by atoms with van der Waals surface area (Å²) in [6.07, 6.45) is 0.247. The molecule has 2 saturated heterocycles. The van der Waals surface area contributed by atoms with Crippen LogP contribution >= 0.6 is 0 Å². The summed E-state index contributed by atoms with van der Waals surface area (Å²) in [5, 5.41) is 9.76. The van der Waals surface area contributed by atoms with Gasteiger partial charge in [0.2, 0.25) is 0 Å². The van der Waals surface area contributed by atoms with Gasteiger partial charge in [-0.2, -0.15) is 18.3 Å². The third-order valence-corrected chi connectivity index (χ3v) is 14.4. The highest BCUT2D eigenvalue weighted by Gasteiger charge is 2.38. The highest BCUT2D eigenvalue weighted by atomic mass is 28.4. The maximum Gasteiger partial charge on any atom is 0.416 e. The van der Waals surface area contributed by atoms with Crippen molar-refractivity contribution < 1.29 is 27.1 Å². The van der Waals surface area contributed by atoms with E-state index in [1.807, 2.05) is 21.3 Å². The van der Waals surface area contributed by atoms with Crippen LogP contribution in [0.15, 0.2) is 36.5 Å². The largest absolute Gasteiger partial charge is 0.416 e. The Morgan fingerprint density at radius 3 is 2.49 bits per heavy atom. The van der Waals surface area contributed by atoms with E-state index in [2.05, 4.69) is 43.9 Å². The molecule has 0 aliphatic carbocycles. The van der Waals surface area contributed by atoms with E-state index in [9.17, 15) is 13.2 Å². The van der Waals surface area contributed by atoms with Crippen LogP contribution in [0.4, 0.5) is 19.0 Å². The second-order valence-corrected chi connectivity index (χ2v) is 18.9. The number of hydrogen-bond acceptors (Lipinski definition) is 7. The van der Waals surface area contributed by atoms with Gasteiger partial charge in [0.25, 0.3) is 0 Å². The van der Waals surface area contributed by atoms with Gasteiger partial charge in [-0.1, -0.05) is 32.9 Å². The van der Waals surface area contributed by atoms with Crippen LogP contribution in [0.25, 0.3) is 16.9 Å². The lowest BCUT2D eigenvalue weighted by Gasteiger charge is -2.36. The third kappa shape index (κ3) is 6.85. The molecule has 2 aliphatic heterocycles. The van der Waals surface area contributed by atoms with Crippen molar-refractivity contribution >= 4 is 19.8 Å². The van der Waals surface area contributed by atoms with Crippen molar-refractivity contribution in [2.45, 2.75) is 90.5 Å². The quantitative estimate of drug-likeness (QED) is 0.179. The van der Waals surface area contributed by atoms with Gasteiger partial charge < -0.3 is 18.8 Å². The zero-order valence-corrected chi connectivity index (χ0v) is 29.2. The normalized spacial score (nSPS) is 18.3. The highest BCUT2D eigenvalue weighted by Crippen LogP contribution is 2.39. The highest BCUT2D eigenvalue weighted by molar-refractivity contribution is 6.74. The summed E-state index contributed by atoms with van der Waals surface area (Å²) in [5.41, 5.74) is 3.78. The first kappa shape index (κ1) is 33.6. The van der Waals surface area contributed by atoms with Crippen LogP contribution in [-0.4, -0.2) is 65.6 Å². The second kappa shape index (κ2) is 13.0. The first-order valence-electron chi connectivity index (χ1n) is 16.4. The van der Waals surface area contributed by atoms with E-state index in [4.69, 9.17) is 24.0 Å². The number of benzene rings is 1. The van der Waals surface area contributed by atoms with Crippen LogP contribution in [0.3, 0.4) is 0 Å². The number of hydrogen-bond donors (Lipinski definition) is 0. The van der Waals surface area contributed by atoms with Crippen LogP contribution in [0.5, 0.6) is 0 Å². The molecule has 3 aromatic heterocycles. The van der Waals surface area contributed by atoms with E-state index in [0.29, 0.717) is 55.5 Å². The molecule has 5 heterocycles. The fourth-order valence-corrected chi connectivity index (χ4v) is 6.96. The molecule has 9 nitrogen and oxygen atoms in total. The molecule has 1 atom stereocenters. The van der Waals surface area contributed by atoms with Crippen molar-refractivity contribution in [2.24, 2.45) is 0 Å². The number of anilines is 1. The average molecular weight is 671 g/mol. The summed E-state index contributed by atoms with van der Waals surface area (Å²) < 4.78 is 64.2. The van der Waals surface area contributed by atoms with Crippen molar-refractivity contribution in [1.82, 2.24) is 24.4 Å². The molecule has 0 radical (unpaired) electrons. The van der Waals surface area contributed by atoms with Crippen LogP contribution in [0.2, 0.25) is 18.1 Å². The number of ether oxygens (including phenoxy) is 2. The topological polar surface area (TPSA) is 78.9 Å². The van der Waals surface area contributed by atoms with Gasteiger partial charge in [0.1, 0.15) is 0 Å². The zero-order chi connectivity index (χ0) is 33.6. The lowest BCUT2D eigenvalue weighted by Crippen LogP contribution is -2.40. The Hall–Kier alpha value is -3.26. The first-order valence-corrected chi connectivity index (χ1v) is 19.3. The third-order valence-electron chi connectivity index (χ3n) is 9.94. The molecular weight excluding hydrogens is 625 g/mol. The number of fused-ring (bicyclic) bond motifs is 1. The summed E-state index contributed by atoms with van der Waals surface area (Å²) in [4.78, 5) is 7.35. The standard InChI is InChI=1S/C34H45F3N6O3Si/c1-23-24(10-9-11-26(23)34(35,36)37)20-29-27(22-46-47(5,6)33(2,3)4)39-32-25(21-30(40-43(29)32)41-15-18-44-19-16-41)28-13-14-38-42(28)31-12-7-8-17-45-31/h9-11,13-14,21,31H,7-8,12,15-20,22H2,1-6H3. The van der Waals surface area contributed by atoms with Gasteiger partial charge in [-0.25, -0.2) is 14.2 Å². The zero-order valence-electron chi connectivity index (χ0n) is 28.2.